The van der Waals surface area contributed by atoms with Crippen LogP contribution in [0.25, 0.3) is 0 Å². The molecule has 2 aromatic carbocycles. The van der Waals surface area contributed by atoms with Gasteiger partial charge in [0.25, 0.3) is 17.5 Å². The van der Waals surface area contributed by atoms with Gasteiger partial charge < -0.3 is 10.6 Å². The van der Waals surface area contributed by atoms with Crippen LogP contribution in [0.2, 0.25) is 0 Å². The molecule has 0 atom stereocenters. The molecule has 0 saturated carbocycles. The van der Waals surface area contributed by atoms with E-state index in [4.69, 9.17) is 0 Å². The van der Waals surface area contributed by atoms with Gasteiger partial charge in [-0.2, -0.15) is 0 Å². The van der Waals surface area contributed by atoms with Crippen molar-refractivity contribution in [3.05, 3.63) is 75.8 Å². The number of carbonyl (C=O) groups excluding carboxylic acids is 2. The number of non-ortho nitro benzene ring substituents is 1. The first-order chi connectivity index (χ1) is 11.1. The standard InChI is InChI=1S/C16H15N3O4/c20-15(12-5-2-1-3-6-12)17-9-10-18-16(21)13-7-4-8-14(11-13)19(22)23/h1-8,11H,9-10H2,(H,17,20)(H,18,21). The van der Waals surface area contributed by atoms with E-state index in [0.717, 1.165) is 0 Å². The number of hydrogen-bond donors (Lipinski definition) is 2. The summed E-state index contributed by atoms with van der Waals surface area (Å²) in [5.41, 5.74) is 0.598. The zero-order valence-corrected chi connectivity index (χ0v) is 12.2. The summed E-state index contributed by atoms with van der Waals surface area (Å²) >= 11 is 0. The van der Waals surface area contributed by atoms with Gasteiger partial charge >= 0.3 is 0 Å². The molecule has 0 saturated heterocycles. The van der Waals surface area contributed by atoms with E-state index in [1.807, 2.05) is 6.07 Å². The lowest BCUT2D eigenvalue weighted by Gasteiger charge is -2.07. The molecule has 7 heteroatoms. The molecular formula is C16H15N3O4. The summed E-state index contributed by atoms with van der Waals surface area (Å²) in [7, 11) is 0. The van der Waals surface area contributed by atoms with Gasteiger partial charge in [-0.3, -0.25) is 19.7 Å². The number of hydrogen-bond acceptors (Lipinski definition) is 4. The van der Waals surface area contributed by atoms with Gasteiger partial charge in [0.15, 0.2) is 0 Å². The van der Waals surface area contributed by atoms with Crippen molar-refractivity contribution in [3.63, 3.8) is 0 Å². The average molecular weight is 313 g/mol. The average Bonchev–Trinajstić information content (AvgIpc) is 2.59. The van der Waals surface area contributed by atoms with Gasteiger partial charge in [-0.25, -0.2) is 0 Å². The van der Waals surface area contributed by atoms with E-state index in [-0.39, 0.29) is 30.2 Å². The molecule has 0 radical (unpaired) electrons. The van der Waals surface area contributed by atoms with Crippen LogP contribution in [-0.4, -0.2) is 29.8 Å². The number of benzene rings is 2. The van der Waals surface area contributed by atoms with E-state index in [1.54, 1.807) is 24.3 Å². The molecule has 118 valence electrons. The van der Waals surface area contributed by atoms with Crippen LogP contribution in [0.15, 0.2) is 54.6 Å². The molecule has 2 aromatic rings. The van der Waals surface area contributed by atoms with Crippen LogP contribution in [0.3, 0.4) is 0 Å². The monoisotopic (exact) mass is 313 g/mol. The van der Waals surface area contributed by atoms with Crippen molar-refractivity contribution in [2.75, 3.05) is 13.1 Å². The van der Waals surface area contributed by atoms with Crippen molar-refractivity contribution in [1.29, 1.82) is 0 Å². The molecule has 0 unspecified atom stereocenters. The van der Waals surface area contributed by atoms with E-state index in [2.05, 4.69) is 10.6 Å². The lowest BCUT2D eigenvalue weighted by molar-refractivity contribution is -0.384. The largest absolute Gasteiger partial charge is 0.350 e. The molecule has 0 fully saturated rings. The molecule has 0 aliphatic heterocycles. The van der Waals surface area contributed by atoms with Crippen molar-refractivity contribution in [3.8, 4) is 0 Å². The first kappa shape index (κ1) is 16.2. The van der Waals surface area contributed by atoms with E-state index in [9.17, 15) is 19.7 Å². The minimum Gasteiger partial charge on any atom is -0.350 e. The Morgan fingerprint density at radius 3 is 2.04 bits per heavy atom. The maximum absolute atomic E-state index is 11.9. The topological polar surface area (TPSA) is 101 Å². The predicted molar refractivity (Wildman–Crippen MR) is 84.2 cm³/mol. The van der Waals surface area contributed by atoms with Gasteiger partial charge in [0, 0.05) is 36.3 Å². The van der Waals surface area contributed by atoms with Gasteiger partial charge in [-0.1, -0.05) is 24.3 Å². The fraction of sp³-hybridized carbons (Fsp3) is 0.125. The van der Waals surface area contributed by atoms with Crippen LogP contribution in [-0.2, 0) is 0 Å². The minimum absolute atomic E-state index is 0.143. The maximum Gasteiger partial charge on any atom is 0.270 e. The Labute approximate surface area is 132 Å². The Hall–Kier alpha value is -3.22. The summed E-state index contributed by atoms with van der Waals surface area (Å²) in [6.45, 7) is 0.481. The van der Waals surface area contributed by atoms with Crippen LogP contribution >= 0.6 is 0 Å². The highest BCUT2D eigenvalue weighted by molar-refractivity contribution is 5.95. The number of rotatable bonds is 6. The molecule has 0 bridgehead atoms. The van der Waals surface area contributed by atoms with Crippen molar-refractivity contribution in [2.45, 2.75) is 0 Å². The molecule has 0 spiro atoms. The zero-order chi connectivity index (χ0) is 16.7. The number of nitro groups is 1. The second-order valence-electron chi connectivity index (χ2n) is 4.69. The van der Waals surface area contributed by atoms with E-state index >= 15 is 0 Å². The Bertz CT molecular complexity index is 716. The number of amides is 2. The van der Waals surface area contributed by atoms with Gasteiger partial charge in [0.1, 0.15) is 0 Å². The fourth-order valence-electron chi connectivity index (χ4n) is 1.91. The number of nitrogens with zero attached hydrogens (tertiary/aromatic N) is 1. The quantitative estimate of drug-likeness (QED) is 0.482. The summed E-state index contributed by atoms with van der Waals surface area (Å²) in [6, 6.07) is 14.2. The van der Waals surface area contributed by atoms with Crippen LogP contribution in [0.5, 0.6) is 0 Å². The second kappa shape index (κ2) is 7.69. The van der Waals surface area contributed by atoms with Crippen molar-refractivity contribution in [1.82, 2.24) is 10.6 Å². The van der Waals surface area contributed by atoms with Crippen LogP contribution < -0.4 is 10.6 Å². The Kier molecular flexibility index (Phi) is 5.40. The summed E-state index contributed by atoms with van der Waals surface area (Å²) in [5, 5.41) is 15.9. The summed E-state index contributed by atoms with van der Waals surface area (Å²) in [6.07, 6.45) is 0. The molecule has 2 amide bonds. The zero-order valence-electron chi connectivity index (χ0n) is 12.2. The third kappa shape index (κ3) is 4.63. The Morgan fingerprint density at radius 2 is 1.43 bits per heavy atom. The van der Waals surface area contributed by atoms with E-state index < -0.39 is 10.8 Å². The molecule has 0 aliphatic rings. The molecule has 23 heavy (non-hydrogen) atoms. The first-order valence-corrected chi connectivity index (χ1v) is 6.94. The molecule has 2 N–H and O–H groups in total. The van der Waals surface area contributed by atoms with Crippen LogP contribution in [0.1, 0.15) is 20.7 Å². The molecule has 0 aliphatic carbocycles. The highest BCUT2D eigenvalue weighted by atomic mass is 16.6. The lowest BCUT2D eigenvalue weighted by atomic mass is 10.2. The number of carbonyl (C=O) groups is 2. The summed E-state index contributed by atoms with van der Waals surface area (Å²) in [5.74, 6) is -0.655. The number of nitrogens with one attached hydrogen (secondary N) is 2. The highest BCUT2D eigenvalue weighted by Gasteiger charge is 2.11. The molecule has 7 nitrogen and oxygen atoms in total. The SMILES string of the molecule is O=C(NCCNC(=O)c1cccc([N+](=O)[O-])c1)c1ccccc1. The lowest BCUT2D eigenvalue weighted by Crippen LogP contribution is -2.34. The van der Waals surface area contributed by atoms with Crippen molar-refractivity contribution >= 4 is 17.5 Å². The molecule has 2 rings (SSSR count). The van der Waals surface area contributed by atoms with Gasteiger partial charge in [-0.05, 0) is 18.2 Å². The highest BCUT2D eigenvalue weighted by Crippen LogP contribution is 2.12. The van der Waals surface area contributed by atoms with Crippen LogP contribution in [0, 0.1) is 10.1 Å². The first-order valence-electron chi connectivity index (χ1n) is 6.94. The van der Waals surface area contributed by atoms with Gasteiger partial charge in [0.05, 0.1) is 4.92 Å². The number of nitro benzene ring substituents is 1. The third-order valence-electron chi connectivity index (χ3n) is 3.05. The second-order valence-corrected chi connectivity index (χ2v) is 4.69. The minimum atomic E-state index is -0.559. The van der Waals surface area contributed by atoms with Crippen LogP contribution in [0.4, 0.5) is 5.69 Å². The van der Waals surface area contributed by atoms with E-state index in [1.165, 1.54) is 24.3 Å². The van der Waals surface area contributed by atoms with E-state index in [0.29, 0.717) is 5.56 Å². The summed E-state index contributed by atoms with van der Waals surface area (Å²) < 4.78 is 0. The maximum atomic E-state index is 11.9. The third-order valence-corrected chi connectivity index (χ3v) is 3.05. The van der Waals surface area contributed by atoms with Crippen molar-refractivity contribution < 1.29 is 14.5 Å². The molecule has 0 aromatic heterocycles. The normalized spacial score (nSPS) is 9.91. The van der Waals surface area contributed by atoms with Crippen molar-refractivity contribution in [2.24, 2.45) is 0 Å². The van der Waals surface area contributed by atoms with Gasteiger partial charge in [-0.15, -0.1) is 0 Å². The molecule has 0 heterocycles. The predicted octanol–water partition coefficient (Wildman–Crippen LogP) is 1.75. The molecular weight excluding hydrogens is 298 g/mol. The Morgan fingerprint density at radius 1 is 0.870 bits per heavy atom. The summed E-state index contributed by atoms with van der Waals surface area (Å²) in [4.78, 5) is 33.8. The van der Waals surface area contributed by atoms with Gasteiger partial charge in [0.2, 0.25) is 0 Å². The fourth-order valence-corrected chi connectivity index (χ4v) is 1.91. The smallest absolute Gasteiger partial charge is 0.270 e. The Balaban J connectivity index is 1.80.